The highest BCUT2D eigenvalue weighted by molar-refractivity contribution is 7.89. The Balaban J connectivity index is 2.39. The molecule has 0 spiro atoms. The highest BCUT2D eigenvalue weighted by atomic mass is 32.2. The number of hydrogen-bond donors (Lipinski definition) is 2. The van der Waals surface area contributed by atoms with E-state index in [2.05, 4.69) is 10.0 Å². The molecule has 2 rings (SSSR count). The summed E-state index contributed by atoms with van der Waals surface area (Å²) >= 11 is 0. The average Bonchev–Trinajstić information content (AvgIpc) is 2.73. The lowest BCUT2D eigenvalue weighted by Gasteiger charge is -2.22. The molecular formula is C21H28N2O6S. The number of ether oxygens (including phenoxy) is 3. The molecular weight excluding hydrogens is 408 g/mol. The standard InChI is InChI=1S/C21H28N2O6S/c1-15-8-10-16(11-9-15)30(25,26)23-18(14-20(24)22-12-13-27-2)17-6-5-7-19(28-3)21(17)29-4/h5-11,18,23H,12-14H2,1-4H3,(H,22,24). The lowest BCUT2D eigenvalue weighted by molar-refractivity contribution is -0.121. The van der Waals surface area contributed by atoms with E-state index in [0.29, 0.717) is 30.2 Å². The predicted molar refractivity (Wildman–Crippen MR) is 113 cm³/mol. The number of rotatable bonds is 11. The molecule has 0 aliphatic carbocycles. The van der Waals surface area contributed by atoms with Crippen LogP contribution in [0.2, 0.25) is 0 Å². The van der Waals surface area contributed by atoms with Gasteiger partial charge in [-0.15, -0.1) is 0 Å². The van der Waals surface area contributed by atoms with Gasteiger partial charge in [0.05, 0.1) is 31.8 Å². The predicted octanol–water partition coefficient (Wildman–Crippen LogP) is 2.18. The Morgan fingerprint density at radius 3 is 2.33 bits per heavy atom. The largest absolute Gasteiger partial charge is 0.493 e. The van der Waals surface area contributed by atoms with Crippen LogP contribution in [-0.2, 0) is 19.6 Å². The summed E-state index contributed by atoms with van der Waals surface area (Å²) in [5.41, 5.74) is 1.44. The minimum atomic E-state index is -3.89. The van der Waals surface area contributed by atoms with Crippen molar-refractivity contribution in [2.45, 2.75) is 24.3 Å². The number of carbonyl (C=O) groups is 1. The molecule has 30 heavy (non-hydrogen) atoms. The van der Waals surface area contributed by atoms with Crippen molar-refractivity contribution >= 4 is 15.9 Å². The number of sulfonamides is 1. The molecule has 0 aliphatic rings. The third-order valence-corrected chi connectivity index (χ3v) is 5.94. The number of hydrogen-bond acceptors (Lipinski definition) is 6. The highest BCUT2D eigenvalue weighted by Gasteiger charge is 2.27. The first-order valence-electron chi connectivity index (χ1n) is 9.38. The summed E-state index contributed by atoms with van der Waals surface area (Å²) in [7, 11) is 0.597. The highest BCUT2D eigenvalue weighted by Crippen LogP contribution is 2.36. The molecule has 1 amide bonds. The molecule has 9 heteroatoms. The zero-order valence-corrected chi connectivity index (χ0v) is 18.4. The SMILES string of the molecule is COCCNC(=O)CC(NS(=O)(=O)c1ccc(C)cc1)c1cccc(OC)c1OC. The molecule has 0 fully saturated rings. The fourth-order valence-electron chi connectivity index (χ4n) is 2.92. The Morgan fingerprint density at radius 1 is 1.03 bits per heavy atom. The first-order chi connectivity index (χ1) is 14.3. The fraction of sp³-hybridized carbons (Fsp3) is 0.381. The van der Waals surface area contributed by atoms with Crippen molar-refractivity contribution in [2.24, 2.45) is 0 Å². The third-order valence-electron chi connectivity index (χ3n) is 4.46. The van der Waals surface area contributed by atoms with Gasteiger partial charge in [0.15, 0.2) is 11.5 Å². The van der Waals surface area contributed by atoms with Gasteiger partial charge in [-0.25, -0.2) is 13.1 Å². The van der Waals surface area contributed by atoms with Crippen molar-refractivity contribution in [3.63, 3.8) is 0 Å². The molecule has 1 atom stereocenters. The number of nitrogens with one attached hydrogen (secondary N) is 2. The van der Waals surface area contributed by atoms with Gasteiger partial charge < -0.3 is 19.5 Å². The van der Waals surface area contributed by atoms with Crippen LogP contribution in [0.1, 0.15) is 23.6 Å². The summed E-state index contributed by atoms with van der Waals surface area (Å²) in [6, 6.07) is 10.7. The minimum absolute atomic E-state index is 0.111. The van der Waals surface area contributed by atoms with Gasteiger partial charge in [-0.05, 0) is 25.1 Å². The van der Waals surface area contributed by atoms with Crippen LogP contribution in [0.3, 0.4) is 0 Å². The maximum Gasteiger partial charge on any atom is 0.241 e. The molecule has 2 N–H and O–H groups in total. The summed E-state index contributed by atoms with van der Waals surface area (Å²) in [5.74, 6) is 0.476. The quantitative estimate of drug-likeness (QED) is 0.524. The van der Waals surface area contributed by atoms with Gasteiger partial charge in [-0.3, -0.25) is 4.79 Å². The lowest BCUT2D eigenvalue weighted by atomic mass is 10.0. The number of para-hydroxylation sites is 1. The molecule has 164 valence electrons. The Morgan fingerprint density at radius 2 is 1.73 bits per heavy atom. The molecule has 1 unspecified atom stereocenters. The van der Waals surface area contributed by atoms with Gasteiger partial charge in [0.1, 0.15) is 0 Å². The van der Waals surface area contributed by atoms with E-state index in [-0.39, 0.29) is 17.2 Å². The Kier molecular flexibility index (Phi) is 8.64. The summed E-state index contributed by atoms with van der Waals surface area (Å²) in [5, 5.41) is 2.71. The van der Waals surface area contributed by atoms with E-state index in [0.717, 1.165) is 5.56 Å². The van der Waals surface area contributed by atoms with Crippen molar-refractivity contribution in [3.05, 3.63) is 53.6 Å². The van der Waals surface area contributed by atoms with Crippen LogP contribution in [-0.4, -0.2) is 48.8 Å². The maximum absolute atomic E-state index is 13.0. The van der Waals surface area contributed by atoms with E-state index in [1.54, 1.807) is 30.3 Å². The summed E-state index contributed by atoms with van der Waals surface area (Å²) in [4.78, 5) is 12.6. The van der Waals surface area contributed by atoms with Crippen LogP contribution in [0, 0.1) is 6.92 Å². The second-order valence-electron chi connectivity index (χ2n) is 6.62. The van der Waals surface area contributed by atoms with Crippen molar-refractivity contribution < 1.29 is 27.4 Å². The monoisotopic (exact) mass is 436 g/mol. The van der Waals surface area contributed by atoms with Crippen molar-refractivity contribution in [1.29, 1.82) is 0 Å². The lowest BCUT2D eigenvalue weighted by Crippen LogP contribution is -2.35. The number of methoxy groups -OCH3 is 3. The van der Waals surface area contributed by atoms with Crippen molar-refractivity contribution in [3.8, 4) is 11.5 Å². The molecule has 2 aromatic carbocycles. The Labute approximate surface area is 177 Å². The van der Waals surface area contributed by atoms with Crippen LogP contribution in [0.15, 0.2) is 47.4 Å². The van der Waals surface area contributed by atoms with Gasteiger partial charge in [0.2, 0.25) is 15.9 Å². The van der Waals surface area contributed by atoms with E-state index in [4.69, 9.17) is 14.2 Å². The molecule has 0 saturated heterocycles. The summed E-state index contributed by atoms with van der Waals surface area (Å²) in [6.07, 6.45) is -0.127. The first kappa shape index (κ1) is 23.7. The smallest absolute Gasteiger partial charge is 0.241 e. The van der Waals surface area contributed by atoms with E-state index in [1.807, 2.05) is 6.92 Å². The molecule has 0 aromatic heterocycles. The number of carbonyl (C=O) groups excluding carboxylic acids is 1. The van der Waals surface area contributed by atoms with Crippen LogP contribution in [0.25, 0.3) is 0 Å². The molecule has 2 aromatic rings. The topological polar surface area (TPSA) is 103 Å². The molecule has 8 nitrogen and oxygen atoms in total. The summed E-state index contributed by atoms with van der Waals surface area (Å²) < 4.78 is 44.3. The molecule has 0 saturated carbocycles. The van der Waals surface area contributed by atoms with Crippen LogP contribution in [0.5, 0.6) is 11.5 Å². The van der Waals surface area contributed by atoms with Crippen LogP contribution >= 0.6 is 0 Å². The maximum atomic E-state index is 13.0. The first-order valence-corrected chi connectivity index (χ1v) is 10.9. The van der Waals surface area contributed by atoms with E-state index >= 15 is 0 Å². The van der Waals surface area contributed by atoms with E-state index in [9.17, 15) is 13.2 Å². The number of benzene rings is 2. The normalized spacial score (nSPS) is 12.3. The molecule has 0 aliphatic heterocycles. The molecule has 0 bridgehead atoms. The number of aryl methyl sites for hydroxylation is 1. The van der Waals surface area contributed by atoms with E-state index < -0.39 is 16.1 Å². The second-order valence-corrected chi connectivity index (χ2v) is 8.33. The van der Waals surface area contributed by atoms with Gasteiger partial charge in [0.25, 0.3) is 0 Å². The van der Waals surface area contributed by atoms with Gasteiger partial charge in [0, 0.05) is 25.6 Å². The van der Waals surface area contributed by atoms with Crippen molar-refractivity contribution in [1.82, 2.24) is 10.0 Å². The van der Waals surface area contributed by atoms with Crippen LogP contribution < -0.4 is 19.5 Å². The minimum Gasteiger partial charge on any atom is -0.493 e. The third kappa shape index (κ3) is 6.19. The second kappa shape index (κ2) is 11.0. The average molecular weight is 437 g/mol. The summed E-state index contributed by atoms with van der Waals surface area (Å²) in [6.45, 7) is 2.55. The zero-order valence-electron chi connectivity index (χ0n) is 17.6. The van der Waals surface area contributed by atoms with Gasteiger partial charge in [-0.2, -0.15) is 0 Å². The van der Waals surface area contributed by atoms with Gasteiger partial charge >= 0.3 is 0 Å². The van der Waals surface area contributed by atoms with Crippen LogP contribution in [0.4, 0.5) is 0 Å². The zero-order chi connectivity index (χ0) is 22.1. The Hall–Kier alpha value is -2.62. The Bertz CT molecular complexity index is 944. The number of amides is 1. The van der Waals surface area contributed by atoms with E-state index in [1.165, 1.54) is 33.5 Å². The van der Waals surface area contributed by atoms with Gasteiger partial charge in [-0.1, -0.05) is 29.8 Å². The molecule has 0 heterocycles. The fourth-order valence-corrected chi connectivity index (χ4v) is 4.14. The van der Waals surface area contributed by atoms with Crippen molar-refractivity contribution in [2.75, 3.05) is 34.5 Å². The molecule has 0 radical (unpaired) electrons.